The van der Waals surface area contributed by atoms with Gasteiger partial charge in [-0.3, -0.25) is 4.79 Å². The third-order valence-electron chi connectivity index (χ3n) is 3.51. The van der Waals surface area contributed by atoms with Crippen molar-refractivity contribution < 1.29 is 0 Å². The van der Waals surface area contributed by atoms with Crippen LogP contribution in [-0.2, 0) is 0 Å². The highest BCUT2D eigenvalue weighted by molar-refractivity contribution is 6.32. The molecule has 2 radical (unpaired) electrons. The average Bonchev–Trinajstić information content (AvgIpc) is 2.91. The predicted octanol–water partition coefficient (Wildman–Crippen LogP) is 1.59. The Bertz CT molecular complexity index is 986. The summed E-state index contributed by atoms with van der Waals surface area (Å²) in [5, 5.41) is 0. The van der Waals surface area contributed by atoms with E-state index < -0.39 is 0 Å². The SMILES string of the molecule is [B]c1ccc2nc(-c3c4cccccc-4[nH]c3=O)cn2c1. The standard InChI is InChI=1S/C16H10BN3O/c17-10-6-7-14-18-13(9-20(14)8-10)15-11-4-2-1-3-5-12(11)19-16(15)21/h1-9H,(H,19,21). The molecule has 5 heteroatoms. The molecule has 0 spiro atoms. The Morgan fingerprint density at radius 1 is 1.05 bits per heavy atom. The molecule has 2 aliphatic rings. The van der Waals surface area contributed by atoms with Crippen molar-refractivity contribution in [3.05, 3.63) is 65.2 Å². The summed E-state index contributed by atoms with van der Waals surface area (Å²) >= 11 is 0. The average molecular weight is 271 g/mol. The molecule has 0 fully saturated rings. The molecule has 0 saturated carbocycles. The number of pyridine rings is 1. The van der Waals surface area contributed by atoms with Gasteiger partial charge < -0.3 is 9.38 Å². The minimum atomic E-state index is -0.132. The first kappa shape index (κ1) is 12.0. The van der Waals surface area contributed by atoms with Gasteiger partial charge in [-0.05, 0) is 12.1 Å². The molecule has 98 valence electrons. The lowest BCUT2D eigenvalue weighted by atomic mass is 9.99. The van der Waals surface area contributed by atoms with Crippen LogP contribution < -0.4 is 11.0 Å². The van der Waals surface area contributed by atoms with Crippen molar-refractivity contribution >= 4 is 19.0 Å². The van der Waals surface area contributed by atoms with Gasteiger partial charge in [0.05, 0.1) is 11.3 Å². The van der Waals surface area contributed by atoms with Gasteiger partial charge in [0.2, 0.25) is 0 Å². The van der Waals surface area contributed by atoms with Gasteiger partial charge in [-0.1, -0.05) is 35.8 Å². The van der Waals surface area contributed by atoms with Crippen LogP contribution in [0.4, 0.5) is 0 Å². The first-order valence-electron chi connectivity index (χ1n) is 6.58. The van der Waals surface area contributed by atoms with E-state index in [1.165, 1.54) is 0 Å². The summed E-state index contributed by atoms with van der Waals surface area (Å²) in [7, 11) is 5.77. The third kappa shape index (κ3) is 1.86. The maximum Gasteiger partial charge on any atom is 0.258 e. The fourth-order valence-electron chi connectivity index (χ4n) is 2.57. The second kappa shape index (κ2) is 4.35. The van der Waals surface area contributed by atoms with Crippen LogP contribution in [0.1, 0.15) is 0 Å². The molecule has 1 N–H and O–H groups in total. The van der Waals surface area contributed by atoms with Crippen molar-refractivity contribution in [3.63, 3.8) is 0 Å². The summed E-state index contributed by atoms with van der Waals surface area (Å²) in [5.41, 5.74) is 4.17. The number of fused-ring (bicyclic) bond motifs is 2. The zero-order valence-electron chi connectivity index (χ0n) is 11.1. The summed E-state index contributed by atoms with van der Waals surface area (Å²) in [6.45, 7) is 0. The lowest BCUT2D eigenvalue weighted by Gasteiger charge is -1.94. The number of H-pyrrole nitrogens is 1. The van der Waals surface area contributed by atoms with Crippen LogP contribution in [0.2, 0.25) is 0 Å². The van der Waals surface area contributed by atoms with Gasteiger partial charge in [0, 0.05) is 23.7 Å². The lowest BCUT2D eigenvalue weighted by molar-refractivity contribution is 1.20. The molecule has 0 saturated heterocycles. The molecule has 21 heavy (non-hydrogen) atoms. The zero-order valence-corrected chi connectivity index (χ0v) is 11.1. The second-order valence-corrected chi connectivity index (χ2v) is 4.92. The van der Waals surface area contributed by atoms with Gasteiger partial charge in [0.25, 0.3) is 5.56 Å². The van der Waals surface area contributed by atoms with E-state index in [1.807, 2.05) is 47.0 Å². The highest BCUT2D eigenvalue weighted by atomic mass is 16.1. The second-order valence-electron chi connectivity index (χ2n) is 4.92. The highest BCUT2D eigenvalue weighted by Crippen LogP contribution is 2.28. The predicted molar refractivity (Wildman–Crippen MR) is 83.3 cm³/mol. The molecule has 0 amide bonds. The Morgan fingerprint density at radius 3 is 2.81 bits per heavy atom. The summed E-state index contributed by atoms with van der Waals surface area (Å²) in [5.74, 6) is 0. The number of aromatic amines is 1. The maximum absolute atomic E-state index is 12.3. The smallest absolute Gasteiger partial charge is 0.258 e. The molecular formula is C16H10BN3O. The first-order valence-corrected chi connectivity index (χ1v) is 6.58. The van der Waals surface area contributed by atoms with Gasteiger partial charge in [0.1, 0.15) is 13.5 Å². The van der Waals surface area contributed by atoms with Crippen LogP contribution in [0.5, 0.6) is 0 Å². The molecule has 4 nitrogen and oxygen atoms in total. The van der Waals surface area contributed by atoms with Gasteiger partial charge in [-0.25, -0.2) is 4.98 Å². The number of rotatable bonds is 1. The molecule has 0 aromatic carbocycles. The molecule has 3 heterocycles. The third-order valence-corrected chi connectivity index (χ3v) is 3.51. The number of hydrogen-bond donors (Lipinski definition) is 1. The zero-order chi connectivity index (χ0) is 14.4. The summed E-state index contributed by atoms with van der Waals surface area (Å²) < 4.78 is 1.83. The van der Waals surface area contributed by atoms with Gasteiger partial charge in [-0.2, -0.15) is 0 Å². The normalized spacial score (nSPS) is 11.2. The van der Waals surface area contributed by atoms with E-state index in [-0.39, 0.29) is 5.56 Å². The number of nitrogens with one attached hydrogen (secondary N) is 1. The Morgan fingerprint density at radius 2 is 1.90 bits per heavy atom. The van der Waals surface area contributed by atoms with Crippen molar-refractivity contribution in [1.29, 1.82) is 0 Å². The fraction of sp³-hybridized carbons (Fsp3) is 0. The minimum Gasteiger partial charge on any atom is -0.321 e. The molecular weight excluding hydrogens is 261 g/mol. The van der Waals surface area contributed by atoms with Crippen LogP contribution in [0, 0.1) is 0 Å². The van der Waals surface area contributed by atoms with Crippen molar-refractivity contribution in [2.45, 2.75) is 0 Å². The lowest BCUT2D eigenvalue weighted by Crippen LogP contribution is -2.03. The molecule has 2 aromatic rings. The van der Waals surface area contributed by atoms with E-state index >= 15 is 0 Å². The van der Waals surface area contributed by atoms with Crippen LogP contribution in [0.25, 0.3) is 28.2 Å². The number of nitrogens with zero attached hydrogens (tertiary/aromatic N) is 2. The van der Waals surface area contributed by atoms with E-state index in [9.17, 15) is 4.79 Å². The number of hydrogen-bond acceptors (Lipinski definition) is 2. The number of imidazole rings is 1. The van der Waals surface area contributed by atoms with E-state index in [0.717, 1.165) is 16.9 Å². The quantitative estimate of drug-likeness (QED) is 0.534. The van der Waals surface area contributed by atoms with E-state index in [4.69, 9.17) is 7.85 Å². The molecule has 4 rings (SSSR count). The van der Waals surface area contributed by atoms with Crippen molar-refractivity contribution in [1.82, 2.24) is 14.4 Å². The monoisotopic (exact) mass is 271 g/mol. The Labute approximate surface area is 121 Å². The molecule has 0 unspecified atom stereocenters. The maximum atomic E-state index is 12.3. The topological polar surface area (TPSA) is 50.2 Å². The molecule has 0 bridgehead atoms. The molecule has 2 aromatic heterocycles. The van der Waals surface area contributed by atoms with E-state index in [0.29, 0.717) is 16.7 Å². The highest BCUT2D eigenvalue weighted by Gasteiger charge is 2.17. The number of aromatic nitrogens is 3. The Kier molecular flexibility index (Phi) is 2.48. The van der Waals surface area contributed by atoms with Gasteiger partial charge in [-0.15, -0.1) is 0 Å². The Hall–Kier alpha value is -2.82. The van der Waals surface area contributed by atoms with Crippen molar-refractivity contribution in [3.8, 4) is 22.5 Å². The van der Waals surface area contributed by atoms with Crippen LogP contribution in [0.15, 0.2) is 59.7 Å². The fourth-order valence-corrected chi connectivity index (χ4v) is 2.57. The molecule has 1 aliphatic carbocycles. The van der Waals surface area contributed by atoms with E-state index in [2.05, 4.69) is 9.97 Å². The first-order chi connectivity index (χ1) is 10.2. The molecule has 1 aliphatic heterocycles. The van der Waals surface area contributed by atoms with Gasteiger partial charge in [0.15, 0.2) is 0 Å². The van der Waals surface area contributed by atoms with Gasteiger partial charge >= 0.3 is 0 Å². The van der Waals surface area contributed by atoms with Crippen LogP contribution in [0.3, 0.4) is 0 Å². The largest absolute Gasteiger partial charge is 0.321 e. The molecule has 0 atom stereocenters. The van der Waals surface area contributed by atoms with Crippen molar-refractivity contribution in [2.75, 3.05) is 0 Å². The van der Waals surface area contributed by atoms with E-state index in [1.54, 1.807) is 12.3 Å². The van der Waals surface area contributed by atoms with Crippen LogP contribution in [-0.4, -0.2) is 22.2 Å². The Balaban J connectivity index is 2.02. The minimum absolute atomic E-state index is 0.132. The summed E-state index contributed by atoms with van der Waals surface area (Å²) in [4.78, 5) is 19.6. The van der Waals surface area contributed by atoms with Crippen LogP contribution >= 0.6 is 0 Å². The summed E-state index contributed by atoms with van der Waals surface area (Å²) in [6.07, 6.45) is 3.61. The van der Waals surface area contributed by atoms with Crippen molar-refractivity contribution in [2.24, 2.45) is 0 Å². The summed E-state index contributed by atoms with van der Waals surface area (Å²) in [6, 6.07) is 13.2.